The van der Waals surface area contributed by atoms with Crippen molar-refractivity contribution in [1.29, 1.82) is 0 Å². The van der Waals surface area contributed by atoms with E-state index in [2.05, 4.69) is 25.6 Å². The molecule has 2 fully saturated rings. The Balaban J connectivity index is 1.53. The Morgan fingerprint density at radius 3 is 2.19 bits per heavy atom. The van der Waals surface area contributed by atoms with Crippen LogP contribution in [-0.2, 0) is 0 Å². The maximum absolute atomic E-state index is 13.6. The predicted molar refractivity (Wildman–Crippen MR) is 96.7 cm³/mol. The number of nitrogens with zero attached hydrogens (tertiary/aromatic N) is 3. The zero-order valence-corrected chi connectivity index (χ0v) is 15.4. The molecule has 2 aliphatic carbocycles. The molecule has 2 saturated carbocycles. The molecule has 2 aliphatic rings. The minimum Gasteiger partial charge on any atom is -0.304 e. The second-order valence-electron chi connectivity index (χ2n) is 6.58. The summed E-state index contributed by atoms with van der Waals surface area (Å²) < 4.78 is 13.6. The van der Waals surface area contributed by atoms with Gasteiger partial charge in [0.1, 0.15) is 11.5 Å². The molecule has 27 heavy (non-hydrogen) atoms. The molecule has 140 valence electrons. The van der Waals surface area contributed by atoms with Gasteiger partial charge in [-0.05, 0) is 31.7 Å². The number of anilines is 1. The lowest BCUT2D eigenvalue weighted by Gasteiger charge is -2.14. The largest absolute Gasteiger partial charge is 0.326 e. The van der Waals surface area contributed by atoms with Crippen LogP contribution in [0.4, 0.5) is 14.9 Å². The second kappa shape index (κ2) is 7.01. The number of carbonyl (C=O) groups is 2. The second-order valence-corrected chi connectivity index (χ2v) is 7.29. The lowest BCUT2D eigenvalue weighted by molar-refractivity contribution is 0.0966. The highest BCUT2D eigenvalue weighted by Gasteiger charge is 2.35. The molecular weight excluding hydrogens is 396 g/mol. The van der Waals surface area contributed by atoms with E-state index in [1.165, 1.54) is 6.33 Å². The summed E-state index contributed by atoms with van der Waals surface area (Å²) in [5.74, 6) is -1.21. The summed E-state index contributed by atoms with van der Waals surface area (Å²) in [6, 6.07) is 0.0574. The van der Waals surface area contributed by atoms with E-state index in [0.717, 1.165) is 43.1 Å². The molecule has 2 aromatic heterocycles. The van der Waals surface area contributed by atoms with E-state index in [0.29, 0.717) is 17.5 Å². The number of aromatic nitrogens is 3. The Bertz CT molecular complexity index is 917. The molecule has 0 saturated heterocycles. The molecule has 7 nitrogen and oxygen atoms in total. The lowest BCUT2D eigenvalue weighted by atomic mass is 10.1. The minimum atomic E-state index is -0.907. The van der Waals surface area contributed by atoms with Gasteiger partial charge in [0.05, 0.1) is 22.6 Å². The van der Waals surface area contributed by atoms with Gasteiger partial charge in [-0.2, -0.15) is 0 Å². The van der Waals surface area contributed by atoms with Gasteiger partial charge in [0.25, 0.3) is 5.91 Å². The van der Waals surface area contributed by atoms with Gasteiger partial charge in [0.15, 0.2) is 11.0 Å². The Hall–Kier alpha value is -2.32. The Morgan fingerprint density at radius 1 is 1.04 bits per heavy atom. The maximum Gasteiger partial charge on any atom is 0.326 e. The van der Waals surface area contributed by atoms with Crippen LogP contribution in [0, 0.1) is 5.82 Å². The van der Waals surface area contributed by atoms with Crippen LogP contribution in [0.25, 0.3) is 0 Å². The average Bonchev–Trinajstić information content (AvgIpc) is 3.51. The summed E-state index contributed by atoms with van der Waals surface area (Å²) in [5, 5.41) is 4.06. The van der Waals surface area contributed by atoms with Crippen LogP contribution in [0.2, 0.25) is 10.3 Å². The molecule has 0 unspecified atom stereocenters. The van der Waals surface area contributed by atoms with Gasteiger partial charge in [-0.3, -0.25) is 10.1 Å². The fourth-order valence-electron chi connectivity index (χ4n) is 2.79. The molecule has 0 aromatic carbocycles. The molecule has 0 atom stereocenters. The number of amides is 3. The third-order valence-electron chi connectivity index (χ3n) is 4.43. The number of hydrogen-bond donors (Lipinski definition) is 2. The highest BCUT2D eigenvalue weighted by atomic mass is 35.5. The smallest absolute Gasteiger partial charge is 0.304 e. The first-order valence-electron chi connectivity index (χ1n) is 8.42. The summed E-state index contributed by atoms with van der Waals surface area (Å²) in [6.45, 7) is 0. The van der Waals surface area contributed by atoms with E-state index >= 15 is 0 Å². The van der Waals surface area contributed by atoms with E-state index in [1.807, 2.05) is 0 Å². The van der Waals surface area contributed by atoms with Gasteiger partial charge in [-0.25, -0.2) is 24.1 Å². The van der Waals surface area contributed by atoms with Crippen molar-refractivity contribution in [2.75, 3.05) is 5.32 Å². The predicted octanol–water partition coefficient (Wildman–Crippen LogP) is 4.03. The molecule has 2 N–H and O–H groups in total. The number of carbonyl (C=O) groups excluding carboxylic acids is 2. The van der Waals surface area contributed by atoms with Gasteiger partial charge in [0, 0.05) is 11.8 Å². The van der Waals surface area contributed by atoms with Crippen LogP contribution in [0.3, 0.4) is 0 Å². The number of nitrogens with one attached hydrogen (secondary N) is 2. The van der Waals surface area contributed by atoms with Crippen LogP contribution in [0.1, 0.15) is 59.3 Å². The first kappa shape index (κ1) is 18.1. The average molecular weight is 410 g/mol. The number of rotatable bonds is 4. The van der Waals surface area contributed by atoms with Crippen molar-refractivity contribution in [3.63, 3.8) is 0 Å². The third kappa shape index (κ3) is 3.86. The van der Waals surface area contributed by atoms with Crippen molar-refractivity contribution in [3.8, 4) is 0 Å². The normalized spacial score (nSPS) is 16.1. The summed E-state index contributed by atoms with van der Waals surface area (Å²) in [5.41, 5.74) is 1.83. The third-order valence-corrected chi connectivity index (χ3v) is 4.98. The Morgan fingerprint density at radius 2 is 1.63 bits per heavy atom. The summed E-state index contributed by atoms with van der Waals surface area (Å²) >= 11 is 11.3. The molecule has 0 spiro atoms. The summed E-state index contributed by atoms with van der Waals surface area (Å²) in [7, 11) is 0. The fourth-order valence-corrected chi connectivity index (χ4v) is 3.20. The fraction of sp³-hybridized carbons (Fsp3) is 0.353. The first-order chi connectivity index (χ1) is 12.9. The van der Waals surface area contributed by atoms with Crippen LogP contribution < -0.4 is 10.6 Å². The molecule has 0 bridgehead atoms. The van der Waals surface area contributed by atoms with Gasteiger partial charge in [-0.15, -0.1) is 0 Å². The number of pyridine rings is 1. The first-order valence-corrected chi connectivity index (χ1v) is 9.18. The van der Waals surface area contributed by atoms with E-state index in [4.69, 9.17) is 23.2 Å². The van der Waals surface area contributed by atoms with Crippen LogP contribution >= 0.6 is 23.2 Å². The van der Waals surface area contributed by atoms with Gasteiger partial charge < -0.3 is 5.32 Å². The zero-order chi connectivity index (χ0) is 19.1. The van der Waals surface area contributed by atoms with Crippen LogP contribution in [0.5, 0.6) is 0 Å². The Labute approximate surface area is 163 Å². The summed E-state index contributed by atoms with van der Waals surface area (Å²) in [4.78, 5) is 36.7. The number of hydrogen-bond acceptors (Lipinski definition) is 5. The highest BCUT2D eigenvalue weighted by molar-refractivity contribution is 6.35. The van der Waals surface area contributed by atoms with E-state index in [1.54, 1.807) is 0 Å². The summed E-state index contributed by atoms with van der Waals surface area (Å²) in [6.07, 6.45) is 5.52. The topological polar surface area (TPSA) is 96.9 Å². The van der Waals surface area contributed by atoms with E-state index < -0.39 is 22.9 Å². The van der Waals surface area contributed by atoms with Gasteiger partial charge in [0.2, 0.25) is 0 Å². The quantitative estimate of drug-likeness (QED) is 0.742. The van der Waals surface area contributed by atoms with Crippen molar-refractivity contribution in [2.45, 2.75) is 37.5 Å². The van der Waals surface area contributed by atoms with Crippen molar-refractivity contribution in [3.05, 3.63) is 45.5 Å². The lowest BCUT2D eigenvalue weighted by Crippen LogP contribution is -2.35. The van der Waals surface area contributed by atoms with Crippen LogP contribution in [0.15, 0.2) is 12.4 Å². The number of imide groups is 1. The number of urea groups is 1. The van der Waals surface area contributed by atoms with E-state index in [9.17, 15) is 14.0 Å². The molecule has 2 heterocycles. The van der Waals surface area contributed by atoms with Crippen molar-refractivity contribution < 1.29 is 14.0 Å². The molecule has 10 heteroatoms. The molecule has 3 amide bonds. The van der Waals surface area contributed by atoms with Crippen LogP contribution in [-0.4, -0.2) is 26.9 Å². The Kier molecular flexibility index (Phi) is 4.69. The highest BCUT2D eigenvalue weighted by Crippen LogP contribution is 2.48. The molecular formula is C17H14Cl2FN5O2. The van der Waals surface area contributed by atoms with Gasteiger partial charge in [-0.1, -0.05) is 23.2 Å². The van der Waals surface area contributed by atoms with Crippen molar-refractivity contribution in [1.82, 2.24) is 20.3 Å². The SMILES string of the molecule is O=C(NC(=O)c1cc(F)c(Cl)nc1Cl)Nc1c(C2CC2)ncnc1C1CC1. The molecule has 2 aromatic rings. The monoisotopic (exact) mass is 409 g/mol. The number of halogens is 3. The van der Waals surface area contributed by atoms with E-state index in [-0.39, 0.29) is 10.7 Å². The zero-order valence-electron chi connectivity index (χ0n) is 13.9. The molecule has 0 radical (unpaired) electrons. The molecule has 4 rings (SSSR count). The minimum absolute atomic E-state index is 0.289. The standard InChI is InChI=1S/C17H14Cl2FN5O2/c18-14-9(5-10(20)15(19)24-14)16(26)25-17(27)23-13-11(7-1-2-7)21-6-22-12(13)8-3-4-8/h5-8H,1-4H2,(H2,23,25,26,27). The van der Waals surface area contributed by atoms with Crippen molar-refractivity contribution >= 4 is 40.8 Å². The van der Waals surface area contributed by atoms with Crippen molar-refractivity contribution in [2.24, 2.45) is 0 Å². The maximum atomic E-state index is 13.6. The molecule has 0 aliphatic heterocycles. The van der Waals surface area contributed by atoms with Gasteiger partial charge >= 0.3 is 6.03 Å².